The lowest BCUT2D eigenvalue weighted by molar-refractivity contribution is 0.294. The fourth-order valence-electron chi connectivity index (χ4n) is 2.97. The normalized spacial score (nSPS) is 16.5. The van der Waals surface area contributed by atoms with E-state index in [0.29, 0.717) is 0 Å². The van der Waals surface area contributed by atoms with Gasteiger partial charge in [-0.1, -0.05) is 18.7 Å². The van der Waals surface area contributed by atoms with Crippen molar-refractivity contribution in [2.24, 2.45) is 4.99 Å². The van der Waals surface area contributed by atoms with Crippen LogP contribution in [0.4, 0.5) is 5.69 Å². The lowest BCUT2D eigenvalue weighted by Crippen LogP contribution is -2.31. The highest BCUT2D eigenvalue weighted by Gasteiger charge is 2.10. The minimum absolute atomic E-state index is 0.994. The average molecular weight is 394 g/mol. The van der Waals surface area contributed by atoms with Gasteiger partial charge in [-0.15, -0.1) is 0 Å². The molecule has 1 aromatic heterocycles. The van der Waals surface area contributed by atoms with Gasteiger partial charge in [0.25, 0.3) is 0 Å². The number of aromatic amines is 1. The standard InChI is InChI=1S/C22H27N5S/c1-3-23-14-20(18(2)21-15-25-26-16-21)8-9-24-22-6-4-19(5-7-22)17-27-10-12-28-13-11-27/h3-9,14-16,24H,1,10-13,17H2,2H3,(H,25,26)/b9-8+,20-18+,23-14-. The van der Waals surface area contributed by atoms with Crippen molar-refractivity contribution < 1.29 is 0 Å². The molecule has 0 saturated carbocycles. The first-order chi connectivity index (χ1) is 13.8. The van der Waals surface area contributed by atoms with E-state index in [0.717, 1.165) is 28.9 Å². The summed E-state index contributed by atoms with van der Waals surface area (Å²) in [5.74, 6) is 2.49. The van der Waals surface area contributed by atoms with Crippen molar-refractivity contribution in [3.8, 4) is 0 Å². The van der Waals surface area contributed by atoms with Crippen molar-refractivity contribution in [3.63, 3.8) is 0 Å². The van der Waals surface area contributed by atoms with Crippen LogP contribution in [-0.2, 0) is 6.54 Å². The first kappa shape index (κ1) is 20.2. The molecule has 1 saturated heterocycles. The Labute approximate surface area is 171 Å². The van der Waals surface area contributed by atoms with E-state index >= 15 is 0 Å². The summed E-state index contributed by atoms with van der Waals surface area (Å²) >= 11 is 2.05. The molecule has 0 spiro atoms. The lowest BCUT2D eigenvalue weighted by atomic mass is 10.1. The molecule has 5 nitrogen and oxygen atoms in total. The Kier molecular flexibility index (Phi) is 7.70. The molecule has 2 aromatic rings. The fraction of sp³-hybridized carbons (Fsp3) is 0.273. The molecule has 0 radical (unpaired) electrons. The molecule has 0 amide bonds. The molecule has 146 valence electrons. The van der Waals surface area contributed by atoms with Gasteiger partial charge in [-0.3, -0.25) is 15.0 Å². The molecule has 3 rings (SSSR count). The molecule has 2 N–H and O–H groups in total. The summed E-state index contributed by atoms with van der Waals surface area (Å²) in [5.41, 5.74) is 5.54. The summed E-state index contributed by atoms with van der Waals surface area (Å²) in [6, 6.07) is 8.65. The molecule has 6 heteroatoms. The van der Waals surface area contributed by atoms with Crippen molar-refractivity contribution in [3.05, 3.63) is 78.4 Å². The van der Waals surface area contributed by atoms with Crippen LogP contribution in [0.1, 0.15) is 18.1 Å². The molecular weight excluding hydrogens is 366 g/mol. The highest BCUT2D eigenvalue weighted by Crippen LogP contribution is 2.18. The summed E-state index contributed by atoms with van der Waals surface area (Å²) < 4.78 is 0. The quantitative estimate of drug-likeness (QED) is 0.509. The van der Waals surface area contributed by atoms with Crippen LogP contribution in [0.25, 0.3) is 5.57 Å². The maximum atomic E-state index is 4.16. The largest absolute Gasteiger partial charge is 0.362 e. The Morgan fingerprint density at radius 3 is 2.79 bits per heavy atom. The number of aromatic nitrogens is 2. The predicted molar refractivity (Wildman–Crippen MR) is 122 cm³/mol. The third-order valence-corrected chi connectivity index (χ3v) is 5.60. The smallest absolute Gasteiger partial charge is 0.0562 e. The van der Waals surface area contributed by atoms with E-state index in [-0.39, 0.29) is 0 Å². The summed E-state index contributed by atoms with van der Waals surface area (Å²) in [5, 5.41) is 10.2. The number of nitrogens with zero attached hydrogens (tertiary/aromatic N) is 3. The second-order valence-electron chi connectivity index (χ2n) is 6.59. The molecule has 1 aliphatic rings. The molecule has 28 heavy (non-hydrogen) atoms. The van der Waals surface area contributed by atoms with Crippen molar-refractivity contribution >= 4 is 29.2 Å². The maximum Gasteiger partial charge on any atom is 0.0562 e. The van der Waals surface area contributed by atoms with E-state index in [1.54, 1.807) is 12.4 Å². The van der Waals surface area contributed by atoms with Crippen LogP contribution < -0.4 is 5.32 Å². The number of hydrogen-bond acceptors (Lipinski definition) is 5. The number of rotatable bonds is 8. The van der Waals surface area contributed by atoms with Crippen LogP contribution in [0.15, 0.2) is 72.3 Å². The van der Waals surface area contributed by atoms with Gasteiger partial charge in [-0.2, -0.15) is 16.9 Å². The van der Waals surface area contributed by atoms with E-state index in [2.05, 4.69) is 56.3 Å². The second-order valence-corrected chi connectivity index (χ2v) is 7.82. The molecule has 0 atom stereocenters. The van der Waals surface area contributed by atoms with Gasteiger partial charge < -0.3 is 5.32 Å². The van der Waals surface area contributed by atoms with Gasteiger partial charge in [0.05, 0.1) is 6.20 Å². The van der Waals surface area contributed by atoms with Gasteiger partial charge in [0.15, 0.2) is 0 Å². The maximum absolute atomic E-state index is 4.16. The van der Waals surface area contributed by atoms with Gasteiger partial charge in [-0.05, 0) is 41.8 Å². The highest BCUT2D eigenvalue weighted by atomic mass is 32.2. The van der Waals surface area contributed by atoms with E-state index in [1.807, 2.05) is 37.2 Å². The monoisotopic (exact) mass is 393 g/mol. The first-order valence-electron chi connectivity index (χ1n) is 9.42. The third kappa shape index (κ3) is 5.97. The summed E-state index contributed by atoms with van der Waals surface area (Å²) in [6.07, 6.45) is 11.0. The molecule has 0 aliphatic carbocycles. The number of aliphatic imine (C=N–C) groups is 1. The van der Waals surface area contributed by atoms with Crippen LogP contribution in [0.3, 0.4) is 0 Å². The van der Waals surface area contributed by atoms with Crippen LogP contribution in [0.2, 0.25) is 0 Å². The topological polar surface area (TPSA) is 56.3 Å². The lowest BCUT2D eigenvalue weighted by Gasteiger charge is -2.26. The Bertz CT molecular complexity index is 828. The number of nitrogens with one attached hydrogen (secondary N) is 2. The van der Waals surface area contributed by atoms with Crippen LogP contribution >= 0.6 is 11.8 Å². The molecule has 1 aliphatic heterocycles. The van der Waals surface area contributed by atoms with Crippen LogP contribution in [-0.4, -0.2) is 45.9 Å². The number of allylic oxidation sites excluding steroid dienone is 3. The number of anilines is 1. The summed E-state index contributed by atoms with van der Waals surface area (Å²) in [4.78, 5) is 6.68. The Morgan fingerprint density at radius 1 is 1.32 bits per heavy atom. The summed E-state index contributed by atoms with van der Waals surface area (Å²) in [7, 11) is 0. The van der Waals surface area contributed by atoms with Crippen LogP contribution in [0, 0.1) is 0 Å². The van der Waals surface area contributed by atoms with E-state index < -0.39 is 0 Å². The predicted octanol–water partition coefficient (Wildman–Crippen LogP) is 4.57. The van der Waals surface area contributed by atoms with E-state index in [9.17, 15) is 0 Å². The highest BCUT2D eigenvalue weighted by molar-refractivity contribution is 7.99. The summed E-state index contributed by atoms with van der Waals surface area (Å²) in [6.45, 7) is 9.10. The fourth-order valence-corrected chi connectivity index (χ4v) is 3.95. The number of H-pyrrole nitrogens is 1. The van der Waals surface area contributed by atoms with Crippen molar-refractivity contribution in [1.29, 1.82) is 0 Å². The molecule has 0 bridgehead atoms. The van der Waals surface area contributed by atoms with Gasteiger partial charge in [-0.25, -0.2) is 0 Å². The SMILES string of the molecule is C=C\N=C/C(/C=C/Nc1ccc(CN2CCSCC2)cc1)=C(\C)c1cn[nH]c1. The first-order valence-corrected chi connectivity index (χ1v) is 10.6. The van der Waals surface area contributed by atoms with Crippen molar-refractivity contribution in [2.45, 2.75) is 13.5 Å². The second kappa shape index (κ2) is 10.7. The third-order valence-electron chi connectivity index (χ3n) is 4.66. The molecule has 1 aromatic carbocycles. The van der Waals surface area contributed by atoms with Crippen molar-refractivity contribution in [1.82, 2.24) is 15.1 Å². The van der Waals surface area contributed by atoms with Crippen LogP contribution in [0.5, 0.6) is 0 Å². The van der Waals surface area contributed by atoms with Gasteiger partial charge in [0.2, 0.25) is 0 Å². The zero-order chi connectivity index (χ0) is 19.6. The average Bonchev–Trinajstić information content (AvgIpc) is 3.27. The molecule has 1 fully saturated rings. The Balaban J connectivity index is 1.62. The van der Waals surface area contributed by atoms with E-state index in [1.165, 1.54) is 36.4 Å². The van der Waals surface area contributed by atoms with Gasteiger partial charge in [0.1, 0.15) is 0 Å². The van der Waals surface area contributed by atoms with Crippen molar-refractivity contribution in [2.75, 3.05) is 29.9 Å². The van der Waals surface area contributed by atoms with E-state index in [4.69, 9.17) is 0 Å². The Hall–Kier alpha value is -2.57. The molecular formula is C22H27N5S. The molecule has 0 unspecified atom stereocenters. The van der Waals surface area contributed by atoms with Gasteiger partial charge in [0, 0.05) is 67.2 Å². The minimum atomic E-state index is 0.994. The number of benzene rings is 1. The number of thioether (sulfide) groups is 1. The minimum Gasteiger partial charge on any atom is -0.362 e. The Morgan fingerprint density at radius 2 is 2.11 bits per heavy atom. The zero-order valence-electron chi connectivity index (χ0n) is 16.3. The molecule has 2 heterocycles. The van der Waals surface area contributed by atoms with Gasteiger partial charge >= 0.3 is 0 Å². The zero-order valence-corrected chi connectivity index (χ0v) is 17.1. The number of hydrogen-bond donors (Lipinski definition) is 2.